The second kappa shape index (κ2) is 6.55. The molecule has 1 aliphatic carbocycles. The molecule has 0 radical (unpaired) electrons. The van der Waals surface area contributed by atoms with Gasteiger partial charge in [0.2, 0.25) is 0 Å². The zero-order valence-corrected chi connectivity index (χ0v) is 11.9. The molecule has 104 valence electrons. The van der Waals surface area contributed by atoms with Gasteiger partial charge >= 0.3 is 0 Å². The van der Waals surface area contributed by atoms with E-state index in [9.17, 15) is 4.79 Å². The Balaban J connectivity index is 1.99. The van der Waals surface area contributed by atoms with Gasteiger partial charge in [-0.15, -0.1) is 0 Å². The molecule has 0 atom stereocenters. The van der Waals surface area contributed by atoms with Gasteiger partial charge in [0, 0.05) is 25.8 Å². The highest BCUT2D eigenvalue weighted by Gasteiger charge is 2.23. The van der Waals surface area contributed by atoms with Crippen molar-refractivity contribution in [2.24, 2.45) is 5.92 Å². The number of carbonyl (C=O) groups is 1. The molecule has 0 aromatic carbocycles. The summed E-state index contributed by atoms with van der Waals surface area (Å²) in [7, 11) is 0. The number of nitrogens with one attached hydrogen (secondary N) is 1. The number of hydrogen-bond acceptors (Lipinski definition) is 3. The fourth-order valence-electron chi connectivity index (χ4n) is 2.33. The van der Waals surface area contributed by atoms with Crippen molar-refractivity contribution in [1.29, 1.82) is 0 Å². The lowest BCUT2D eigenvalue weighted by molar-refractivity contribution is 0.0706. The molecule has 0 unspecified atom stereocenters. The Morgan fingerprint density at radius 1 is 1.42 bits per heavy atom. The van der Waals surface area contributed by atoms with E-state index < -0.39 is 0 Å². The van der Waals surface area contributed by atoms with Gasteiger partial charge in [-0.2, -0.15) is 0 Å². The smallest absolute Gasteiger partial charge is 0.255 e. The molecule has 1 fully saturated rings. The van der Waals surface area contributed by atoms with Gasteiger partial charge < -0.3 is 10.2 Å². The van der Waals surface area contributed by atoms with E-state index in [-0.39, 0.29) is 5.91 Å². The van der Waals surface area contributed by atoms with E-state index in [1.165, 1.54) is 19.3 Å². The summed E-state index contributed by atoms with van der Waals surface area (Å²) in [6.45, 7) is 6.56. The van der Waals surface area contributed by atoms with E-state index in [1.54, 1.807) is 6.20 Å². The number of anilines is 1. The van der Waals surface area contributed by atoms with Crippen LogP contribution in [0.2, 0.25) is 0 Å². The Morgan fingerprint density at radius 2 is 2.21 bits per heavy atom. The molecule has 1 aromatic rings. The second-order valence-corrected chi connectivity index (χ2v) is 5.10. The van der Waals surface area contributed by atoms with E-state index in [0.717, 1.165) is 25.5 Å². The van der Waals surface area contributed by atoms with Crippen LogP contribution in [-0.4, -0.2) is 35.4 Å². The fourth-order valence-corrected chi connectivity index (χ4v) is 2.33. The molecule has 19 heavy (non-hydrogen) atoms. The largest absolute Gasteiger partial charge is 0.370 e. The van der Waals surface area contributed by atoms with Crippen LogP contribution in [0.4, 0.5) is 5.82 Å². The number of nitrogens with zero attached hydrogens (tertiary/aromatic N) is 2. The number of carbonyl (C=O) groups excluding carboxylic acids is 1. The van der Waals surface area contributed by atoms with Crippen LogP contribution in [0.3, 0.4) is 0 Å². The van der Waals surface area contributed by atoms with Gasteiger partial charge in [-0.1, -0.05) is 6.42 Å². The van der Waals surface area contributed by atoms with Crippen LogP contribution in [0.5, 0.6) is 0 Å². The molecule has 0 spiro atoms. The van der Waals surface area contributed by atoms with Gasteiger partial charge in [0.25, 0.3) is 5.91 Å². The summed E-state index contributed by atoms with van der Waals surface area (Å²) in [6.07, 6.45) is 5.52. The topological polar surface area (TPSA) is 45.2 Å². The minimum Gasteiger partial charge on any atom is -0.370 e. The van der Waals surface area contributed by atoms with Crippen LogP contribution >= 0.6 is 0 Å². The quantitative estimate of drug-likeness (QED) is 0.856. The number of hydrogen-bond donors (Lipinski definition) is 1. The van der Waals surface area contributed by atoms with Crippen molar-refractivity contribution >= 4 is 11.7 Å². The third kappa shape index (κ3) is 3.46. The molecular weight excluding hydrogens is 238 g/mol. The maximum Gasteiger partial charge on any atom is 0.255 e. The molecule has 1 aliphatic rings. The van der Waals surface area contributed by atoms with Crippen molar-refractivity contribution in [3.05, 3.63) is 23.9 Å². The van der Waals surface area contributed by atoms with Gasteiger partial charge in [-0.3, -0.25) is 4.79 Å². The lowest BCUT2D eigenvalue weighted by Gasteiger charge is -2.31. The average molecular weight is 261 g/mol. The maximum atomic E-state index is 12.4. The third-order valence-electron chi connectivity index (χ3n) is 3.74. The minimum absolute atomic E-state index is 0.102. The van der Waals surface area contributed by atoms with Crippen molar-refractivity contribution in [3.8, 4) is 0 Å². The Bertz CT molecular complexity index is 412. The first kappa shape index (κ1) is 13.8. The van der Waals surface area contributed by atoms with Crippen LogP contribution < -0.4 is 5.32 Å². The maximum absolute atomic E-state index is 12.4. The van der Waals surface area contributed by atoms with E-state index in [2.05, 4.69) is 10.3 Å². The summed E-state index contributed by atoms with van der Waals surface area (Å²) < 4.78 is 0. The summed E-state index contributed by atoms with van der Waals surface area (Å²) in [5.74, 6) is 1.63. The van der Waals surface area contributed by atoms with Crippen LogP contribution in [0.25, 0.3) is 0 Å². The highest BCUT2D eigenvalue weighted by atomic mass is 16.2. The first-order chi connectivity index (χ1) is 9.24. The number of pyridine rings is 1. The normalized spacial score (nSPS) is 14.8. The molecule has 2 rings (SSSR count). The molecule has 1 N–H and O–H groups in total. The molecule has 1 aromatic heterocycles. The predicted octanol–water partition coefficient (Wildman–Crippen LogP) is 2.78. The minimum atomic E-state index is 0.102. The Kier molecular flexibility index (Phi) is 4.77. The van der Waals surface area contributed by atoms with Crippen LogP contribution in [0.1, 0.15) is 43.5 Å². The summed E-state index contributed by atoms with van der Waals surface area (Å²) in [5.41, 5.74) is 0.683. The highest BCUT2D eigenvalue weighted by Crippen LogP contribution is 2.27. The fraction of sp³-hybridized carbons (Fsp3) is 0.600. The van der Waals surface area contributed by atoms with Gasteiger partial charge in [-0.25, -0.2) is 4.98 Å². The Labute approximate surface area is 115 Å². The van der Waals surface area contributed by atoms with E-state index >= 15 is 0 Å². The number of amides is 1. The van der Waals surface area contributed by atoms with Gasteiger partial charge in [-0.05, 0) is 44.7 Å². The molecule has 4 nitrogen and oxygen atoms in total. The van der Waals surface area contributed by atoms with Crippen molar-refractivity contribution in [2.45, 2.75) is 33.1 Å². The summed E-state index contributed by atoms with van der Waals surface area (Å²) in [4.78, 5) is 18.6. The zero-order valence-electron chi connectivity index (χ0n) is 11.9. The molecule has 1 amide bonds. The van der Waals surface area contributed by atoms with Crippen LogP contribution in [-0.2, 0) is 0 Å². The number of rotatable bonds is 6. The molecule has 1 heterocycles. The molecule has 4 heteroatoms. The Hall–Kier alpha value is -1.58. The summed E-state index contributed by atoms with van der Waals surface area (Å²) in [5, 5.41) is 3.13. The molecule has 1 saturated carbocycles. The van der Waals surface area contributed by atoms with E-state index in [0.29, 0.717) is 11.5 Å². The van der Waals surface area contributed by atoms with Crippen LogP contribution in [0.15, 0.2) is 18.3 Å². The summed E-state index contributed by atoms with van der Waals surface area (Å²) in [6, 6.07) is 3.73. The first-order valence-electron chi connectivity index (χ1n) is 7.23. The van der Waals surface area contributed by atoms with Crippen molar-refractivity contribution in [2.75, 3.05) is 25.0 Å². The predicted molar refractivity (Wildman–Crippen MR) is 77.3 cm³/mol. The van der Waals surface area contributed by atoms with Crippen molar-refractivity contribution in [3.63, 3.8) is 0 Å². The summed E-state index contributed by atoms with van der Waals surface area (Å²) >= 11 is 0. The number of aromatic nitrogens is 1. The standard InChI is InChI=1S/C15H23N3O/c1-3-16-14-9-8-13(10-17-14)15(19)18(4-2)11-12-6-5-7-12/h8-10,12H,3-7,11H2,1-2H3,(H,16,17). The van der Waals surface area contributed by atoms with E-state index in [1.807, 2.05) is 30.9 Å². The van der Waals surface area contributed by atoms with Crippen molar-refractivity contribution < 1.29 is 4.79 Å². The molecule has 0 saturated heterocycles. The van der Waals surface area contributed by atoms with Crippen LogP contribution in [0, 0.1) is 5.92 Å². The highest BCUT2D eigenvalue weighted by molar-refractivity contribution is 5.94. The third-order valence-corrected chi connectivity index (χ3v) is 3.74. The SMILES string of the molecule is CCNc1ccc(C(=O)N(CC)CC2CCC2)cn1. The lowest BCUT2D eigenvalue weighted by atomic mass is 9.85. The van der Waals surface area contributed by atoms with Gasteiger partial charge in [0.1, 0.15) is 5.82 Å². The lowest BCUT2D eigenvalue weighted by Crippen LogP contribution is -2.37. The molecular formula is C15H23N3O. The molecule has 0 bridgehead atoms. The van der Waals surface area contributed by atoms with Gasteiger partial charge in [0.15, 0.2) is 0 Å². The second-order valence-electron chi connectivity index (χ2n) is 5.10. The van der Waals surface area contributed by atoms with Gasteiger partial charge in [0.05, 0.1) is 5.56 Å². The zero-order chi connectivity index (χ0) is 13.7. The van der Waals surface area contributed by atoms with Crippen molar-refractivity contribution in [1.82, 2.24) is 9.88 Å². The Morgan fingerprint density at radius 3 is 2.68 bits per heavy atom. The monoisotopic (exact) mass is 261 g/mol. The van der Waals surface area contributed by atoms with E-state index in [4.69, 9.17) is 0 Å². The molecule has 0 aliphatic heterocycles. The average Bonchev–Trinajstić information content (AvgIpc) is 2.38. The first-order valence-corrected chi connectivity index (χ1v) is 7.23.